The summed E-state index contributed by atoms with van der Waals surface area (Å²) in [5.74, 6) is -0.424. The maximum absolute atomic E-state index is 11.7. The molecule has 0 aliphatic carbocycles. The lowest BCUT2D eigenvalue weighted by Crippen LogP contribution is -2.17. The number of ether oxygens (including phenoxy) is 1. The molecule has 0 aliphatic rings. The molecule has 1 aromatic rings. The molecule has 6 heteroatoms. The third-order valence-corrected chi connectivity index (χ3v) is 1.71. The zero-order valence-electron chi connectivity index (χ0n) is 6.10. The number of hydrogen-bond acceptors (Lipinski definition) is 2. The summed E-state index contributed by atoms with van der Waals surface area (Å²) in [5.41, 5.74) is 0. The molecule has 0 spiro atoms. The number of benzene rings is 1. The molecule has 0 atom stereocenters. The number of halogens is 4. The van der Waals surface area contributed by atoms with E-state index in [9.17, 15) is 13.2 Å². The highest BCUT2D eigenvalue weighted by Gasteiger charge is 2.31. The molecule has 13 heavy (non-hydrogen) atoms. The van der Waals surface area contributed by atoms with E-state index >= 15 is 0 Å². The van der Waals surface area contributed by atoms with Crippen LogP contribution in [0.1, 0.15) is 0 Å². The van der Waals surface area contributed by atoms with Crippen LogP contribution in [-0.4, -0.2) is 6.36 Å². The average Bonchev–Trinajstić information content (AvgIpc) is 1.93. The second kappa shape index (κ2) is 3.67. The van der Waals surface area contributed by atoms with Gasteiger partial charge in [-0.3, -0.25) is 0 Å². The van der Waals surface area contributed by atoms with Crippen molar-refractivity contribution >= 4 is 24.2 Å². The van der Waals surface area contributed by atoms with Crippen molar-refractivity contribution in [2.75, 3.05) is 0 Å². The van der Waals surface area contributed by atoms with Gasteiger partial charge in [0, 0.05) is 4.90 Å². The van der Waals surface area contributed by atoms with Crippen molar-refractivity contribution in [3.05, 3.63) is 23.2 Å². The first-order valence-electron chi connectivity index (χ1n) is 3.13. The molecule has 1 nitrogen and oxygen atoms in total. The van der Waals surface area contributed by atoms with Gasteiger partial charge in [0.05, 0.1) is 5.02 Å². The molecule has 0 radical (unpaired) electrons. The monoisotopic (exact) mass is 228 g/mol. The van der Waals surface area contributed by atoms with Gasteiger partial charge >= 0.3 is 6.36 Å². The van der Waals surface area contributed by atoms with Crippen molar-refractivity contribution in [2.45, 2.75) is 11.3 Å². The van der Waals surface area contributed by atoms with Gasteiger partial charge in [-0.15, -0.1) is 25.8 Å². The van der Waals surface area contributed by atoms with E-state index in [1.165, 1.54) is 12.1 Å². The second-order valence-electron chi connectivity index (χ2n) is 2.16. The predicted molar refractivity (Wildman–Crippen MR) is 45.4 cm³/mol. The van der Waals surface area contributed by atoms with Crippen LogP contribution in [0.5, 0.6) is 5.75 Å². The smallest absolute Gasteiger partial charge is 0.404 e. The number of alkyl halides is 3. The molecule has 1 rings (SSSR count). The van der Waals surface area contributed by atoms with E-state index in [0.29, 0.717) is 4.90 Å². The Morgan fingerprint density at radius 2 is 1.92 bits per heavy atom. The van der Waals surface area contributed by atoms with Crippen LogP contribution in [0.3, 0.4) is 0 Å². The summed E-state index contributed by atoms with van der Waals surface area (Å²) in [4.78, 5) is 0.472. The van der Waals surface area contributed by atoms with E-state index in [-0.39, 0.29) is 5.02 Å². The summed E-state index contributed by atoms with van der Waals surface area (Å²) in [6, 6.07) is 3.74. The molecule has 0 bridgehead atoms. The summed E-state index contributed by atoms with van der Waals surface area (Å²) >= 11 is 9.35. The van der Waals surface area contributed by atoms with E-state index in [4.69, 9.17) is 11.6 Å². The van der Waals surface area contributed by atoms with Gasteiger partial charge in [-0.25, -0.2) is 0 Å². The van der Waals surface area contributed by atoms with Gasteiger partial charge in [0.1, 0.15) is 5.75 Å². The van der Waals surface area contributed by atoms with Crippen molar-refractivity contribution < 1.29 is 17.9 Å². The standard InChI is InChI=1S/C7H4ClF3OS/c8-5-3-4(13)1-2-6(5)12-7(9,10)11/h1-3,13H. The number of hydrogen-bond donors (Lipinski definition) is 1. The van der Waals surface area contributed by atoms with Crippen LogP contribution in [0.25, 0.3) is 0 Å². The van der Waals surface area contributed by atoms with Crippen LogP contribution in [0.4, 0.5) is 13.2 Å². The first-order chi connectivity index (χ1) is 5.88. The van der Waals surface area contributed by atoms with Gasteiger partial charge in [0.25, 0.3) is 0 Å². The minimum Gasteiger partial charge on any atom is -0.404 e. The van der Waals surface area contributed by atoms with Gasteiger partial charge in [0.2, 0.25) is 0 Å². The number of thiol groups is 1. The molecule has 72 valence electrons. The molecule has 0 N–H and O–H groups in total. The lowest BCUT2D eigenvalue weighted by atomic mass is 10.3. The van der Waals surface area contributed by atoms with Gasteiger partial charge in [-0.05, 0) is 18.2 Å². The highest BCUT2D eigenvalue weighted by atomic mass is 35.5. The van der Waals surface area contributed by atoms with Crippen LogP contribution in [0.2, 0.25) is 5.02 Å². The summed E-state index contributed by atoms with van der Waals surface area (Å²) in [5, 5.41) is -0.121. The maximum atomic E-state index is 11.7. The molecule has 0 amide bonds. The Morgan fingerprint density at radius 1 is 1.31 bits per heavy atom. The molecule has 0 saturated heterocycles. The van der Waals surface area contributed by atoms with Crippen molar-refractivity contribution in [1.29, 1.82) is 0 Å². The van der Waals surface area contributed by atoms with Gasteiger partial charge < -0.3 is 4.74 Å². The Balaban J connectivity index is 2.90. The largest absolute Gasteiger partial charge is 0.573 e. The van der Waals surface area contributed by atoms with E-state index in [1.54, 1.807) is 0 Å². The van der Waals surface area contributed by atoms with Crippen molar-refractivity contribution in [3.63, 3.8) is 0 Å². The average molecular weight is 229 g/mol. The van der Waals surface area contributed by atoms with Crippen LogP contribution in [0.15, 0.2) is 23.1 Å². The highest BCUT2D eigenvalue weighted by molar-refractivity contribution is 7.80. The SMILES string of the molecule is FC(F)(F)Oc1ccc(S)cc1Cl. The second-order valence-corrected chi connectivity index (χ2v) is 3.09. The van der Waals surface area contributed by atoms with Crippen LogP contribution in [0, 0.1) is 0 Å². The lowest BCUT2D eigenvalue weighted by Gasteiger charge is -2.09. The molecule has 0 saturated carbocycles. The van der Waals surface area contributed by atoms with Crippen LogP contribution >= 0.6 is 24.2 Å². The molecule has 0 unspecified atom stereocenters. The first-order valence-corrected chi connectivity index (χ1v) is 3.95. The molecular weight excluding hydrogens is 225 g/mol. The van der Waals surface area contributed by atoms with E-state index in [2.05, 4.69) is 17.4 Å². The quantitative estimate of drug-likeness (QED) is 0.724. The maximum Gasteiger partial charge on any atom is 0.573 e. The summed E-state index contributed by atoms with van der Waals surface area (Å²) in [6.45, 7) is 0. The molecule has 0 heterocycles. The Bertz CT molecular complexity index is 313. The van der Waals surface area contributed by atoms with E-state index in [0.717, 1.165) is 6.07 Å². The summed E-state index contributed by atoms with van der Waals surface area (Å²) in [7, 11) is 0. The lowest BCUT2D eigenvalue weighted by molar-refractivity contribution is -0.274. The summed E-state index contributed by atoms with van der Waals surface area (Å²) in [6.07, 6.45) is -4.72. The molecule has 1 aromatic carbocycles. The minimum absolute atomic E-state index is 0.121. The first kappa shape index (κ1) is 10.5. The van der Waals surface area contributed by atoms with Gasteiger partial charge in [0.15, 0.2) is 0 Å². The third kappa shape index (κ3) is 3.36. The normalized spacial score (nSPS) is 11.5. The molecule has 0 aliphatic heterocycles. The molecule has 0 fully saturated rings. The van der Waals surface area contributed by atoms with E-state index in [1.807, 2.05) is 0 Å². The Morgan fingerprint density at radius 3 is 2.38 bits per heavy atom. The van der Waals surface area contributed by atoms with Crippen LogP contribution < -0.4 is 4.74 Å². The van der Waals surface area contributed by atoms with Gasteiger partial charge in [-0.1, -0.05) is 11.6 Å². The highest BCUT2D eigenvalue weighted by Crippen LogP contribution is 2.31. The Labute approximate surface area is 82.9 Å². The van der Waals surface area contributed by atoms with Crippen LogP contribution in [-0.2, 0) is 0 Å². The topological polar surface area (TPSA) is 9.23 Å². The summed E-state index contributed by atoms with van der Waals surface area (Å²) < 4.78 is 38.8. The fourth-order valence-corrected chi connectivity index (χ4v) is 1.20. The fourth-order valence-electron chi connectivity index (χ4n) is 0.697. The van der Waals surface area contributed by atoms with Crippen molar-refractivity contribution in [3.8, 4) is 5.75 Å². The molecule has 0 aromatic heterocycles. The molecular formula is C7H4ClF3OS. The minimum atomic E-state index is -4.72. The zero-order valence-corrected chi connectivity index (χ0v) is 7.75. The van der Waals surface area contributed by atoms with Gasteiger partial charge in [-0.2, -0.15) is 0 Å². The Kier molecular flexibility index (Phi) is 2.98. The van der Waals surface area contributed by atoms with Crippen molar-refractivity contribution in [1.82, 2.24) is 0 Å². The zero-order chi connectivity index (χ0) is 10.1. The third-order valence-electron chi connectivity index (χ3n) is 1.14. The fraction of sp³-hybridized carbons (Fsp3) is 0.143. The van der Waals surface area contributed by atoms with Crippen molar-refractivity contribution in [2.24, 2.45) is 0 Å². The number of rotatable bonds is 1. The van der Waals surface area contributed by atoms with E-state index < -0.39 is 12.1 Å². The predicted octanol–water partition coefficient (Wildman–Crippen LogP) is 3.53. The Hall–Kier alpha value is -0.550.